The standard InChI is InChI=1S/C22H21FN2O/c1-15-3-12-21(22(13-15)18-6-8-19(23)9-7-18)16(2)25-26-14-17-4-10-20(24)11-5-17/h3-13H,14,24H2,1-2H3/b25-16+. The van der Waals surface area contributed by atoms with Gasteiger partial charge in [-0.05, 0) is 54.8 Å². The molecule has 0 unspecified atom stereocenters. The van der Waals surface area contributed by atoms with Gasteiger partial charge in [0.2, 0.25) is 0 Å². The van der Waals surface area contributed by atoms with Crippen LogP contribution in [0, 0.1) is 12.7 Å². The lowest BCUT2D eigenvalue weighted by Crippen LogP contribution is -2.00. The molecule has 3 nitrogen and oxygen atoms in total. The predicted molar refractivity (Wildman–Crippen MR) is 104 cm³/mol. The fraction of sp³-hybridized carbons (Fsp3) is 0.136. The summed E-state index contributed by atoms with van der Waals surface area (Å²) in [6.45, 7) is 4.30. The summed E-state index contributed by atoms with van der Waals surface area (Å²) in [7, 11) is 0. The van der Waals surface area contributed by atoms with Crippen LogP contribution in [0.1, 0.15) is 23.6 Å². The fourth-order valence-electron chi connectivity index (χ4n) is 2.71. The maximum Gasteiger partial charge on any atom is 0.142 e. The lowest BCUT2D eigenvalue weighted by atomic mass is 9.95. The molecular weight excluding hydrogens is 327 g/mol. The quantitative estimate of drug-likeness (QED) is 0.385. The van der Waals surface area contributed by atoms with Crippen molar-refractivity contribution in [3.05, 3.63) is 89.2 Å². The highest BCUT2D eigenvalue weighted by molar-refractivity contribution is 6.04. The van der Waals surface area contributed by atoms with Crippen LogP contribution in [-0.4, -0.2) is 5.71 Å². The first kappa shape index (κ1) is 17.7. The zero-order valence-electron chi connectivity index (χ0n) is 14.9. The largest absolute Gasteiger partial charge is 0.399 e. The van der Waals surface area contributed by atoms with Crippen LogP contribution in [0.15, 0.2) is 71.9 Å². The van der Waals surface area contributed by atoms with E-state index in [1.165, 1.54) is 12.1 Å². The van der Waals surface area contributed by atoms with Gasteiger partial charge in [0, 0.05) is 11.3 Å². The molecule has 0 aliphatic heterocycles. The van der Waals surface area contributed by atoms with Gasteiger partial charge in [0.1, 0.15) is 12.4 Å². The van der Waals surface area contributed by atoms with Gasteiger partial charge >= 0.3 is 0 Å². The zero-order valence-corrected chi connectivity index (χ0v) is 14.9. The second kappa shape index (κ2) is 7.83. The van der Waals surface area contributed by atoms with Crippen molar-refractivity contribution in [1.82, 2.24) is 0 Å². The number of hydrogen-bond donors (Lipinski definition) is 1. The van der Waals surface area contributed by atoms with E-state index in [0.29, 0.717) is 6.61 Å². The van der Waals surface area contributed by atoms with Crippen LogP contribution in [0.25, 0.3) is 11.1 Å². The van der Waals surface area contributed by atoms with Crippen molar-refractivity contribution < 1.29 is 9.23 Å². The van der Waals surface area contributed by atoms with Gasteiger partial charge in [-0.1, -0.05) is 53.2 Å². The molecule has 0 fully saturated rings. The van der Waals surface area contributed by atoms with E-state index in [1.54, 1.807) is 12.1 Å². The van der Waals surface area contributed by atoms with Crippen molar-refractivity contribution in [2.45, 2.75) is 20.5 Å². The average Bonchev–Trinajstić information content (AvgIpc) is 2.64. The molecule has 3 aromatic rings. The van der Waals surface area contributed by atoms with Gasteiger partial charge in [0.05, 0.1) is 5.71 Å². The summed E-state index contributed by atoms with van der Waals surface area (Å²) in [5.41, 5.74) is 12.2. The zero-order chi connectivity index (χ0) is 18.5. The third-order valence-electron chi connectivity index (χ3n) is 4.13. The van der Waals surface area contributed by atoms with Crippen molar-refractivity contribution >= 4 is 11.4 Å². The molecule has 0 radical (unpaired) electrons. The first-order chi connectivity index (χ1) is 12.5. The van der Waals surface area contributed by atoms with E-state index in [2.05, 4.69) is 11.2 Å². The molecule has 132 valence electrons. The van der Waals surface area contributed by atoms with Gasteiger partial charge < -0.3 is 10.6 Å². The Kier molecular flexibility index (Phi) is 5.32. The Bertz CT molecular complexity index is 916. The van der Waals surface area contributed by atoms with Gasteiger partial charge in [-0.25, -0.2) is 4.39 Å². The molecule has 26 heavy (non-hydrogen) atoms. The average molecular weight is 348 g/mol. The summed E-state index contributed by atoms with van der Waals surface area (Å²) in [5, 5.41) is 4.26. The van der Waals surface area contributed by atoms with Crippen molar-refractivity contribution in [2.24, 2.45) is 5.16 Å². The highest BCUT2D eigenvalue weighted by Gasteiger charge is 2.09. The molecule has 3 aromatic carbocycles. The molecule has 4 heteroatoms. The molecule has 3 rings (SSSR count). The Morgan fingerprint density at radius 3 is 2.38 bits per heavy atom. The number of halogens is 1. The lowest BCUT2D eigenvalue weighted by Gasteiger charge is -2.11. The summed E-state index contributed by atoms with van der Waals surface area (Å²) in [6, 6.07) is 20.1. The molecule has 0 spiro atoms. The van der Waals surface area contributed by atoms with Gasteiger partial charge in [0.15, 0.2) is 0 Å². The molecule has 0 aliphatic rings. The van der Waals surface area contributed by atoms with Crippen LogP contribution in [0.4, 0.5) is 10.1 Å². The molecule has 0 saturated carbocycles. The van der Waals surface area contributed by atoms with Gasteiger partial charge in [0.25, 0.3) is 0 Å². The van der Waals surface area contributed by atoms with Gasteiger partial charge in [-0.15, -0.1) is 0 Å². The van der Waals surface area contributed by atoms with Crippen molar-refractivity contribution in [3.63, 3.8) is 0 Å². The lowest BCUT2D eigenvalue weighted by molar-refractivity contribution is 0.130. The monoisotopic (exact) mass is 348 g/mol. The number of anilines is 1. The first-order valence-electron chi connectivity index (χ1n) is 8.41. The van der Waals surface area contributed by atoms with E-state index >= 15 is 0 Å². The number of nitrogens with two attached hydrogens (primary N) is 1. The molecule has 0 atom stereocenters. The second-order valence-electron chi connectivity index (χ2n) is 6.25. The Labute approximate surface area is 152 Å². The third-order valence-corrected chi connectivity index (χ3v) is 4.13. The number of nitrogen functional groups attached to an aromatic ring is 1. The van der Waals surface area contributed by atoms with Gasteiger partial charge in [-0.2, -0.15) is 0 Å². The van der Waals surface area contributed by atoms with Crippen molar-refractivity contribution in [3.8, 4) is 11.1 Å². The summed E-state index contributed by atoms with van der Waals surface area (Å²) >= 11 is 0. The third kappa shape index (κ3) is 4.28. The molecule has 0 aromatic heterocycles. The summed E-state index contributed by atoms with van der Waals surface area (Å²) in [6.07, 6.45) is 0. The molecule has 0 saturated heterocycles. The van der Waals surface area contributed by atoms with E-state index in [4.69, 9.17) is 10.6 Å². The Balaban J connectivity index is 1.83. The first-order valence-corrected chi connectivity index (χ1v) is 8.41. The van der Waals surface area contributed by atoms with Crippen LogP contribution in [0.3, 0.4) is 0 Å². The number of nitrogens with zero attached hydrogens (tertiary/aromatic N) is 1. The van der Waals surface area contributed by atoms with E-state index in [0.717, 1.165) is 39.2 Å². The number of benzene rings is 3. The van der Waals surface area contributed by atoms with E-state index in [1.807, 2.05) is 50.2 Å². The minimum atomic E-state index is -0.250. The Morgan fingerprint density at radius 2 is 1.69 bits per heavy atom. The molecule has 0 heterocycles. The maximum atomic E-state index is 13.2. The SMILES string of the molecule is C/C(=N\OCc1ccc(N)cc1)c1ccc(C)cc1-c1ccc(F)cc1. The smallest absolute Gasteiger partial charge is 0.142 e. The van der Waals surface area contributed by atoms with Crippen molar-refractivity contribution in [2.75, 3.05) is 5.73 Å². The topological polar surface area (TPSA) is 47.6 Å². The Hall–Kier alpha value is -3.14. The minimum absolute atomic E-state index is 0.250. The van der Waals surface area contributed by atoms with E-state index in [9.17, 15) is 4.39 Å². The minimum Gasteiger partial charge on any atom is -0.399 e. The molecule has 0 amide bonds. The Morgan fingerprint density at radius 1 is 1.00 bits per heavy atom. The highest BCUT2D eigenvalue weighted by atomic mass is 19.1. The van der Waals surface area contributed by atoms with Crippen LogP contribution in [0.5, 0.6) is 0 Å². The van der Waals surface area contributed by atoms with E-state index < -0.39 is 0 Å². The van der Waals surface area contributed by atoms with Crippen LogP contribution in [-0.2, 0) is 11.4 Å². The summed E-state index contributed by atoms with van der Waals surface area (Å²) in [5.74, 6) is -0.250. The van der Waals surface area contributed by atoms with Crippen LogP contribution >= 0.6 is 0 Å². The number of rotatable bonds is 5. The molecule has 0 bridgehead atoms. The molecular formula is C22H21FN2O. The van der Waals surface area contributed by atoms with Crippen LogP contribution < -0.4 is 5.73 Å². The summed E-state index contributed by atoms with van der Waals surface area (Å²) < 4.78 is 13.2. The summed E-state index contributed by atoms with van der Waals surface area (Å²) in [4.78, 5) is 5.50. The normalized spacial score (nSPS) is 11.4. The van der Waals surface area contributed by atoms with Crippen molar-refractivity contribution in [1.29, 1.82) is 0 Å². The van der Waals surface area contributed by atoms with Gasteiger partial charge in [-0.3, -0.25) is 0 Å². The number of aryl methyl sites for hydroxylation is 1. The number of oxime groups is 1. The second-order valence-corrected chi connectivity index (χ2v) is 6.25. The number of hydrogen-bond acceptors (Lipinski definition) is 3. The maximum absolute atomic E-state index is 13.2. The van der Waals surface area contributed by atoms with E-state index in [-0.39, 0.29) is 5.82 Å². The predicted octanol–water partition coefficient (Wildman–Crippen LogP) is 5.32. The molecule has 2 N–H and O–H groups in total. The highest BCUT2D eigenvalue weighted by Crippen LogP contribution is 2.26. The van der Waals surface area contributed by atoms with Crippen LogP contribution in [0.2, 0.25) is 0 Å². The molecule has 0 aliphatic carbocycles. The fourth-order valence-corrected chi connectivity index (χ4v) is 2.71.